The fraction of sp³-hybridized carbons (Fsp3) is 0.500. The second kappa shape index (κ2) is 7.07. The van der Waals surface area contributed by atoms with E-state index in [0.717, 1.165) is 30.2 Å². The van der Waals surface area contributed by atoms with Gasteiger partial charge in [0.25, 0.3) is 0 Å². The molecule has 0 fully saturated rings. The molecule has 0 bridgehead atoms. The van der Waals surface area contributed by atoms with Gasteiger partial charge in [-0.2, -0.15) is 0 Å². The maximum absolute atomic E-state index is 5.72. The van der Waals surface area contributed by atoms with Crippen molar-refractivity contribution in [3.05, 3.63) is 35.2 Å². The van der Waals surface area contributed by atoms with Gasteiger partial charge in [0.1, 0.15) is 12.4 Å². The van der Waals surface area contributed by atoms with Gasteiger partial charge in [-0.25, -0.2) is 0 Å². The Morgan fingerprint density at radius 3 is 2.82 bits per heavy atom. The van der Waals surface area contributed by atoms with E-state index >= 15 is 0 Å². The molecule has 1 heterocycles. The number of rotatable bonds is 6. The molecule has 0 aliphatic rings. The van der Waals surface area contributed by atoms with Gasteiger partial charge in [-0.05, 0) is 45.5 Å². The van der Waals surface area contributed by atoms with Crippen LogP contribution in [0.3, 0.4) is 0 Å². The molecule has 0 saturated heterocycles. The highest BCUT2D eigenvalue weighted by molar-refractivity contribution is 5.29. The number of nitrogens with one attached hydrogen (secondary N) is 1. The van der Waals surface area contributed by atoms with Crippen LogP contribution in [0.25, 0.3) is 0 Å². The van der Waals surface area contributed by atoms with Gasteiger partial charge in [0.15, 0.2) is 0 Å². The first-order chi connectivity index (χ1) is 8.13. The predicted molar refractivity (Wildman–Crippen MR) is 71.3 cm³/mol. The van der Waals surface area contributed by atoms with Crippen molar-refractivity contribution in [2.75, 3.05) is 13.2 Å². The maximum Gasteiger partial charge on any atom is 0.142 e. The number of hydrogen-bond donors (Lipinski definition) is 1. The first kappa shape index (κ1) is 13.7. The standard InChI is InChI=1S/C14H22N2O/c1-5-15-10-13-14(7-6-12(4)16-13)17-9-8-11(2)3/h6-8,15H,5,9-10H2,1-4H3. The Morgan fingerprint density at radius 2 is 2.18 bits per heavy atom. The van der Waals surface area contributed by atoms with Crippen LogP contribution in [0, 0.1) is 6.92 Å². The number of nitrogens with zero attached hydrogens (tertiary/aromatic N) is 1. The molecule has 1 rings (SSSR count). The van der Waals surface area contributed by atoms with Crippen LogP contribution in [0.5, 0.6) is 5.75 Å². The zero-order valence-corrected chi connectivity index (χ0v) is 11.2. The van der Waals surface area contributed by atoms with Crippen molar-refractivity contribution in [2.45, 2.75) is 34.2 Å². The third-order valence-electron chi connectivity index (χ3n) is 2.34. The summed E-state index contributed by atoms with van der Waals surface area (Å²) < 4.78 is 5.72. The van der Waals surface area contributed by atoms with Gasteiger partial charge in [-0.3, -0.25) is 4.98 Å². The zero-order chi connectivity index (χ0) is 12.7. The molecular weight excluding hydrogens is 212 g/mol. The number of allylic oxidation sites excluding steroid dienone is 1. The normalized spacial score (nSPS) is 10.1. The molecule has 0 aromatic carbocycles. The van der Waals surface area contributed by atoms with E-state index in [1.807, 2.05) is 19.1 Å². The van der Waals surface area contributed by atoms with Crippen molar-refractivity contribution < 1.29 is 4.74 Å². The van der Waals surface area contributed by atoms with E-state index in [4.69, 9.17) is 4.74 Å². The summed E-state index contributed by atoms with van der Waals surface area (Å²) in [6.07, 6.45) is 2.07. The molecular formula is C14H22N2O. The molecule has 1 aromatic heterocycles. The molecule has 0 radical (unpaired) electrons. The van der Waals surface area contributed by atoms with E-state index in [-0.39, 0.29) is 0 Å². The Morgan fingerprint density at radius 1 is 1.41 bits per heavy atom. The minimum atomic E-state index is 0.603. The third kappa shape index (κ3) is 5.00. The molecule has 0 spiro atoms. The Bertz CT molecular complexity index is 382. The SMILES string of the molecule is CCNCc1nc(C)ccc1OCC=C(C)C. The van der Waals surface area contributed by atoms with Crippen LogP contribution in [0.4, 0.5) is 0 Å². The Balaban J connectivity index is 2.71. The second-order valence-corrected chi connectivity index (χ2v) is 4.27. The van der Waals surface area contributed by atoms with Gasteiger partial charge in [0.2, 0.25) is 0 Å². The van der Waals surface area contributed by atoms with E-state index in [9.17, 15) is 0 Å². The van der Waals surface area contributed by atoms with Gasteiger partial charge in [-0.1, -0.05) is 12.5 Å². The first-order valence-corrected chi connectivity index (χ1v) is 6.07. The van der Waals surface area contributed by atoms with E-state index < -0.39 is 0 Å². The number of hydrogen-bond acceptors (Lipinski definition) is 3. The number of aromatic nitrogens is 1. The van der Waals surface area contributed by atoms with E-state index in [2.05, 4.69) is 37.1 Å². The number of pyridine rings is 1. The van der Waals surface area contributed by atoms with Crippen LogP contribution >= 0.6 is 0 Å². The topological polar surface area (TPSA) is 34.2 Å². The summed E-state index contributed by atoms with van der Waals surface area (Å²) in [4.78, 5) is 4.50. The molecule has 0 aliphatic carbocycles. The van der Waals surface area contributed by atoms with Gasteiger partial charge in [0, 0.05) is 12.2 Å². The van der Waals surface area contributed by atoms with Crippen molar-refractivity contribution >= 4 is 0 Å². The number of aryl methyl sites for hydroxylation is 1. The highest BCUT2D eigenvalue weighted by Gasteiger charge is 2.04. The van der Waals surface area contributed by atoms with Crippen molar-refractivity contribution in [3.8, 4) is 5.75 Å². The third-order valence-corrected chi connectivity index (χ3v) is 2.34. The largest absolute Gasteiger partial charge is 0.488 e. The molecule has 1 aromatic rings. The Kier molecular flexibility index (Phi) is 5.70. The fourth-order valence-corrected chi connectivity index (χ4v) is 1.40. The smallest absolute Gasteiger partial charge is 0.142 e. The lowest BCUT2D eigenvalue weighted by atomic mass is 10.2. The van der Waals surface area contributed by atoms with Crippen LogP contribution in [-0.2, 0) is 6.54 Å². The lowest BCUT2D eigenvalue weighted by molar-refractivity contribution is 0.354. The molecule has 0 aliphatic heterocycles. The van der Waals surface area contributed by atoms with Crippen molar-refractivity contribution in [2.24, 2.45) is 0 Å². The molecule has 3 heteroatoms. The van der Waals surface area contributed by atoms with Crippen molar-refractivity contribution in [3.63, 3.8) is 0 Å². The number of ether oxygens (including phenoxy) is 1. The summed E-state index contributed by atoms with van der Waals surface area (Å²) in [7, 11) is 0. The highest BCUT2D eigenvalue weighted by Crippen LogP contribution is 2.16. The highest BCUT2D eigenvalue weighted by atomic mass is 16.5. The fourth-order valence-electron chi connectivity index (χ4n) is 1.40. The second-order valence-electron chi connectivity index (χ2n) is 4.27. The average Bonchev–Trinajstić information content (AvgIpc) is 2.28. The molecule has 0 atom stereocenters. The molecule has 17 heavy (non-hydrogen) atoms. The first-order valence-electron chi connectivity index (χ1n) is 6.07. The van der Waals surface area contributed by atoms with Crippen LogP contribution < -0.4 is 10.1 Å². The van der Waals surface area contributed by atoms with Crippen LogP contribution in [0.2, 0.25) is 0 Å². The average molecular weight is 234 g/mol. The minimum absolute atomic E-state index is 0.603. The van der Waals surface area contributed by atoms with Crippen LogP contribution in [-0.4, -0.2) is 18.1 Å². The van der Waals surface area contributed by atoms with Crippen molar-refractivity contribution in [1.82, 2.24) is 10.3 Å². The summed E-state index contributed by atoms with van der Waals surface area (Å²) in [6, 6.07) is 3.97. The monoisotopic (exact) mass is 234 g/mol. The molecule has 0 amide bonds. The lowest BCUT2D eigenvalue weighted by Gasteiger charge is -2.10. The maximum atomic E-state index is 5.72. The summed E-state index contributed by atoms with van der Waals surface area (Å²) in [6.45, 7) is 10.5. The summed E-state index contributed by atoms with van der Waals surface area (Å²) in [5.41, 5.74) is 3.26. The van der Waals surface area contributed by atoms with Crippen LogP contribution in [0.15, 0.2) is 23.8 Å². The van der Waals surface area contributed by atoms with E-state index in [1.165, 1.54) is 5.57 Å². The molecule has 1 N–H and O–H groups in total. The molecule has 94 valence electrons. The Labute approximate surface area is 104 Å². The predicted octanol–water partition coefficient (Wildman–Crippen LogP) is 2.84. The van der Waals surface area contributed by atoms with Gasteiger partial charge < -0.3 is 10.1 Å². The summed E-state index contributed by atoms with van der Waals surface area (Å²) >= 11 is 0. The Hall–Kier alpha value is -1.35. The minimum Gasteiger partial charge on any atom is -0.488 e. The molecule has 0 saturated carbocycles. The van der Waals surface area contributed by atoms with Crippen LogP contribution in [0.1, 0.15) is 32.2 Å². The summed E-state index contributed by atoms with van der Waals surface area (Å²) in [5.74, 6) is 0.869. The molecule has 0 unspecified atom stereocenters. The zero-order valence-electron chi connectivity index (χ0n) is 11.2. The van der Waals surface area contributed by atoms with Gasteiger partial charge in [-0.15, -0.1) is 0 Å². The van der Waals surface area contributed by atoms with Gasteiger partial charge in [0.05, 0.1) is 5.69 Å². The molecule has 3 nitrogen and oxygen atoms in total. The van der Waals surface area contributed by atoms with Gasteiger partial charge >= 0.3 is 0 Å². The quantitative estimate of drug-likeness (QED) is 0.769. The van der Waals surface area contributed by atoms with Crippen molar-refractivity contribution in [1.29, 1.82) is 0 Å². The summed E-state index contributed by atoms with van der Waals surface area (Å²) in [5, 5.41) is 3.27. The lowest BCUT2D eigenvalue weighted by Crippen LogP contribution is -2.14. The van der Waals surface area contributed by atoms with E-state index in [1.54, 1.807) is 0 Å². The van der Waals surface area contributed by atoms with E-state index in [0.29, 0.717) is 6.61 Å².